The molecule has 0 aromatic heterocycles. The Balaban J connectivity index is 0.000000157. The topological polar surface area (TPSA) is 0 Å². The zero-order chi connectivity index (χ0) is 28.0. The van der Waals surface area contributed by atoms with Gasteiger partial charge >= 0.3 is 0 Å². The van der Waals surface area contributed by atoms with Crippen LogP contribution in [-0.4, -0.2) is 0 Å². The van der Waals surface area contributed by atoms with E-state index in [4.69, 9.17) is 0 Å². The Kier molecular flexibility index (Phi) is 10.7. The van der Waals surface area contributed by atoms with Crippen LogP contribution in [-0.2, 0) is 0 Å². The Morgan fingerprint density at radius 1 is 0.350 bits per heavy atom. The Bertz CT molecular complexity index is 1520. The Hall–Kier alpha value is -4.68. The smallest absolute Gasteiger partial charge is 0.0154 e. The normalized spacial score (nSPS) is 12.0. The van der Waals surface area contributed by atoms with Gasteiger partial charge in [0, 0.05) is 0 Å². The first-order valence-corrected chi connectivity index (χ1v) is 13.9. The van der Waals surface area contributed by atoms with E-state index < -0.39 is 0 Å². The van der Waals surface area contributed by atoms with Gasteiger partial charge in [0.25, 0.3) is 0 Å². The maximum Gasteiger partial charge on any atom is -0.0154 e. The SMILES string of the molecule is CC1=CCC=C(c2ccc(-c3ccccc3)cc2)C=C1.Cc1ccc(-c2ccccc2)cc1.Cc1ccccc1. The van der Waals surface area contributed by atoms with E-state index in [9.17, 15) is 0 Å². The lowest BCUT2D eigenvalue weighted by Crippen LogP contribution is -1.82. The number of hydrogen-bond acceptors (Lipinski definition) is 0. The molecule has 5 aromatic rings. The molecule has 0 heterocycles. The summed E-state index contributed by atoms with van der Waals surface area (Å²) in [5.41, 5.74) is 11.6. The van der Waals surface area contributed by atoms with Crippen molar-refractivity contribution in [1.29, 1.82) is 0 Å². The highest BCUT2D eigenvalue weighted by Crippen LogP contribution is 2.25. The molecule has 0 radical (unpaired) electrons. The zero-order valence-electron chi connectivity index (χ0n) is 23.8. The summed E-state index contributed by atoms with van der Waals surface area (Å²) in [4.78, 5) is 0. The molecule has 1 aliphatic carbocycles. The van der Waals surface area contributed by atoms with E-state index in [1.165, 1.54) is 50.1 Å². The first-order valence-electron chi connectivity index (χ1n) is 13.9. The standard InChI is InChI=1S/C20H18.C13H12.C7H8/c1-16-6-5-9-18(11-10-16)20-14-12-19(13-15-20)17-7-3-2-4-8-17;1-11-7-9-13(10-8-11)12-5-3-2-4-6-12;1-7-5-3-2-4-6-7/h2-4,6-15H,5H2,1H3;2-10H,1H3;2-6H,1H3. The van der Waals surface area contributed by atoms with Gasteiger partial charge in [0.2, 0.25) is 0 Å². The summed E-state index contributed by atoms with van der Waals surface area (Å²) in [5.74, 6) is 0. The van der Waals surface area contributed by atoms with Crippen LogP contribution in [0, 0.1) is 13.8 Å². The van der Waals surface area contributed by atoms with Crippen LogP contribution in [0.15, 0.2) is 169 Å². The molecule has 1 aliphatic rings. The second kappa shape index (κ2) is 15.0. The molecule has 6 rings (SSSR count). The highest BCUT2D eigenvalue weighted by Gasteiger charge is 2.02. The molecule has 0 spiro atoms. The fraction of sp³-hybridized carbons (Fsp3) is 0.100. The van der Waals surface area contributed by atoms with Gasteiger partial charge in [0.1, 0.15) is 0 Å². The van der Waals surface area contributed by atoms with Crippen molar-refractivity contribution < 1.29 is 0 Å². The van der Waals surface area contributed by atoms with Crippen molar-refractivity contribution in [1.82, 2.24) is 0 Å². The number of benzene rings is 5. The van der Waals surface area contributed by atoms with E-state index in [1.54, 1.807) is 0 Å². The lowest BCUT2D eigenvalue weighted by Gasteiger charge is -2.05. The Morgan fingerprint density at radius 3 is 1.23 bits per heavy atom. The van der Waals surface area contributed by atoms with Crippen molar-refractivity contribution in [3.8, 4) is 22.3 Å². The van der Waals surface area contributed by atoms with Crippen LogP contribution in [0.25, 0.3) is 27.8 Å². The summed E-state index contributed by atoms with van der Waals surface area (Å²) in [6.45, 7) is 6.33. The number of hydrogen-bond donors (Lipinski definition) is 0. The van der Waals surface area contributed by atoms with E-state index in [0.29, 0.717) is 0 Å². The first-order chi connectivity index (χ1) is 19.6. The van der Waals surface area contributed by atoms with Gasteiger partial charge in [-0.15, -0.1) is 0 Å². The van der Waals surface area contributed by atoms with Gasteiger partial charge in [0.05, 0.1) is 0 Å². The monoisotopic (exact) mass is 518 g/mol. The third-order valence-electron chi connectivity index (χ3n) is 6.73. The van der Waals surface area contributed by atoms with E-state index in [2.05, 4.69) is 154 Å². The van der Waals surface area contributed by atoms with Crippen LogP contribution in [0.1, 0.15) is 30.0 Å². The van der Waals surface area contributed by atoms with E-state index >= 15 is 0 Å². The predicted molar refractivity (Wildman–Crippen MR) is 175 cm³/mol. The number of rotatable bonds is 3. The molecule has 0 N–H and O–H groups in total. The molecule has 0 atom stereocenters. The molecule has 0 nitrogen and oxygen atoms in total. The third kappa shape index (κ3) is 8.96. The molecule has 198 valence electrons. The second-order valence-electron chi connectivity index (χ2n) is 10.0. The van der Waals surface area contributed by atoms with E-state index in [-0.39, 0.29) is 0 Å². The van der Waals surface area contributed by atoms with Crippen LogP contribution in [0.5, 0.6) is 0 Å². The Labute approximate surface area is 240 Å². The van der Waals surface area contributed by atoms with Crippen molar-refractivity contribution in [2.24, 2.45) is 0 Å². The van der Waals surface area contributed by atoms with Crippen molar-refractivity contribution in [3.05, 3.63) is 186 Å². The van der Waals surface area contributed by atoms with Crippen molar-refractivity contribution in [2.75, 3.05) is 0 Å². The number of aryl methyl sites for hydroxylation is 2. The highest BCUT2D eigenvalue weighted by atomic mass is 14.1. The summed E-state index contributed by atoms with van der Waals surface area (Å²) in [5, 5.41) is 0. The van der Waals surface area contributed by atoms with E-state index in [0.717, 1.165) is 6.42 Å². The maximum absolute atomic E-state index is 2.28. The highest BCUT2D eigenvalue weighted by molar-refractivity contribution is 5.77. The summed E-state index contributed by atoms with van der Waals surface area (Å²) in [7, 11) is 0. The maximum atomic E-state index is 2.28. The molecule has 0 saturated carbocycles. The second-order valence-corrected chi connectivity index (χ2v) is 10.0. The molecule has 0 aliphatic heterocycles. The largest absolute Gasteiger partial charge is 0.0778 e. The molecule has 40 heavy (non-hydrogen) atoms. The molecule has 0 unspecified atom stereocenters. The first kappa shape index (κ1) is 28.3. The fourth-order valence-electron chi connectivity index (χ4n) is 4.34. The van der Waals surface area contributed by atoms with Gasteiger partial charge in [-0.05, 0) is 60.6 Å². The predicted octanol–water partition coefficient (Wildman–Crippen LogP) is 11.3. The van der Waals surface area contributed by atoms with Gasteiger partial charge in [-0.1, -0.05) is 181 Å². The van der Waals surface area contributed by atoms with Crippen molar-refractivity contribution in [2.45, 2.75) is 27.2 Å². The summed E-state index contributed by atoms with van der Waals surface area (Å²) in [6.07, 6.45) is 9.93. The third-order valence-corrected chi connectivity index (χ3v) is 6.73. The fourth-order valence-corrected chi connectivity index (χ4v) is 4.34. The lowest BCUT2D eigenvalue weighted by molar-refractivity contribution is 1.35. The summed E-state index contributed by atoms with van der Waals surface area (Å²) >= 11 is 0. The molecular weight excluding hydrogens is 480 g/mol. The average molecular weight is 519 g/mol. The van der Waals surface area contributed by atoms with Gasteiger partial charge in [-0.25, -0.2) is 0 Å². The van der Waals surface area contributed by atoms with Crippen molar-refractivity contribution >= 4 is 5.57 Å². The van der Waals surface area contributed by atoms with Crippen LogP contribution in [0.4, 0.5) is 0 Å². The Morgan fingerprint density at radius 2 is 0.750 bits per heavy atom. The number of allylic oxidation sites excluding steroid dienone is 6. The molecular formula is C40H38. The van der Waals surface area contributed by atoms with Crippen LogP contribution in [0.3, 0.4) is 0 Å². The van der Waals surface area contributed by atoms with Gasteiger partial charge in [-0.3, -0.25) is 0 Å². The van der Waals surface area contributed by atoms with Crippen LogP contribution in [0.2, 0.25) is 0 Å². The minimum absolute atomic E-state index is 1.01. The van der Waals surface area contributed by atoms with Crippen molar-refractivity contribution in [3.63, 3.8) is 0 Å². The molecule has 5 aromatic carbocycles. The van der Waals surface area contributed by atoms with Crippen LogP contribution >= 0.6 is 0 Å². The molecule has 0 fully saturated rings. The van der Waals surface area contributed by atoms with Gasteiger partial charge in [0.15, 0.2) is 0 Å². The van der Waals surface area contributed by atoms with E-state index in [1.807, 2.05) is 30.3 Å². The summed E-state index contributed by atoms with van der Waals surface area (Å²) < 4.78 is 0. The lowest BCUT2D eigenvalue weighted by atomic mass is 10.00. The minimum Gasteiger partial charge on any atom is -0.0778 e. The van der Waals surface area contributed by atoms with Gasteiger partial charge < -0.3 is 0 Å². The summed E-state index contributed by atoms with van der Waals surface area (Å²) in [6, 6.07) is 48.6. The zero-order valence-corrected chi connectivity index (χ0v) is 23.8. The molecule has 0 heteroatoms. The van der Waals surface area contributed by atoms with Crippen LogP contribution < -0.4 is 0 Å². The van der Waals surface area contributed by atoms with Gasteiger partial charge in [-0.2, -0.15) is 0 Å². The molecule has 0 saturated heterocycles. The molecule has 0 amide bonds. The molecule has 0 bridgehead atoms. The minimum atomic E-state index is 1.01. The average Bonchev–Trinajstić information content (AvgIpc) is 3.24. The quantitative estimate of drug-likeness (QED) is 0.223.